The third-order valence-corrected chi connectivity index (χ3v) is 5.78. The molecule has 2 aromatic carbocycles. The van der Waals surface area contributed by atoms with E-state index in [4.69, 9.17) is 27.9 Å². The molecule has 3 rings (SSSR count). The first-order chi connectivity index (χ1) is 14.3. The summed E-state index contributed by atoms with van der Waals surface area (Å²) in [6.45, 7) is 4.59. The Balaban J connectivity index is 1.52. The summed E-state index contributed by atoms with van der Waals surface area (Å²) in [6.07, 6.45) is 0. The van der Waals surface area contributed by atoms with Gasteiger partial charge in [0.05, 0.1) is 5.75 Å². The molecule has 0 unspecified atom stereocenters. The lowest BCUT2D eigenvalue weighted by atomic mass is 10.0. The second kappa shape index (κ2) is 10.2. The van der Waals surface area contributed by atoms with Crippen molar-refractivity contribution < 1.29 is 9.53 Å². The van der Waals surface area contributed by atoms with E-state index in [1.807, 2.05) is 23.7 Å². The van der Waals surface area contributed by atoms with Crippen LogP contribution in [0.5, 0.6) is 5.75 Å². The Morgan fingerprint density at radius 1 is 1.13 bits per heavy atom. The van der Waals surface area contributed by atoms with Crippen LogP contribution < -0.4 is 10.1 Å². The van der Waals surface area contributed by atoms with E-state index < -0.39 is 0 Å². The summed E-state index contributed by atoms with van der Waals surface area (Å²) in [4.78, 5) is 12.2. The molecule has 158 valence electrons. The number of anilines is 1. The summed E-state index contributed by atoms with van der Waals surface area (Å²) in [5, 5.41) is 12.6. The van der Waals surface area contributed by atoms with Crippen LogP contribution in [0.15, 0.2) is 47.6 Å². The molecule has 0 bridgehead atoms. The van der Waals surface area contributed by atoms with Crippen LogP contribution in [-0.4, -0.2) is 26.4 Å². The van der Waals surface area contributed by atoms with Gasteiger partial charge in [0.1, 0.15) is 12.4 Å². The van der Waals surface area contributed by atoms with Crippen LogP contribution >= 0.6 is 35.0 Å². The van der Waals surface area contributed by atoms with Crippen LogP contribution in [-0.2, 0) is 18.4 Å². The molecule has 0 aliphatic rings. The van der Waals surface area contributed by atoms with Crippen molar-refractivity contribution in [1.82, 2.24) is 14.8 Å². The first kappa shape index (κ1) is 22.5. The molecule has 1 N–H and O–H groups in total. The van der Waals surface area contributed by atoms with E-state index in [1.54, 1.807) is 18.2 Å². The predicted octanol–water partition coefficient (Wildman–Crippen LogP) is 5.56. The topological polar surface area (TPSA) is 69.0 Å². The number of nitrogens with zero attached hydrogens (tertiary/aromatic N) is 3. The molecule has 0 saturated heterocycles. The number of hydrogen-bond acceptors (Lipinski definition) is 5. The van der Waals surface area contributed by atoms with Crippen molar-refractivity contribution in [2.75, 3.05) is 11.1 Å². The largest absolute Gasteiger partial charge is 0.486 e. The highest BCUT2D eigenvalue weighted by molar-refractivity contribution is 7.99. The Hall–Kier alpha value is -2.22. The zero-order valence-electron chi connectivity index (χ0n) is 16.9. The third-order valence-electron chi connectivity index (χ3n) is 4.32. The van der Waals surface area contributed by atoms with Gasteiger partial charge in [-0.25, -0.2) is 0 Å². The van der Waals surface area contributed by atoms with Crippen molar-refractivity contribution in [3.63, 3.8) is 0 Å². The minimum atomic E-state index is -0.190. The Labute approximate surface area is 189 Å². The van der Waals surface area contributed by atoms with Gasteiger partial charge in [0, 0.05) is 22.8 Å². The molecule has 1 aromatic heterocycles. The van der Waals surface area contributed by atoms with Gasteiger partial charge in [-0.05, 0) is 41.8 Å². The van der Waals surface area contributed by atoms with Gasteiger partial charge < -0.3 is 14.6 Å². The van der Waals surface area contributed by atoms with E-state index in [0.717, 1.165) is 5.75 Å². The number of nitrogens with one attached hydrogen (secondary N) is 1. The summed E-state index contributed by atoms with van der Waals surface area (Å²) >= 11 is 13.2. The number of benzene rings is 2. The second-order valence-electron chi connectivity index (χ2n) is 6.97. The molecule has 1 heterocycles. The molecule has 0 atom stereocenters. The van der Waals surface area contributed by atoms with Gasteiger partial charge in [-0.3, -0.25) is 4.79 Å². The van der Waals surface area contributed by atoms with Gasteiger partial charge in [-0.1, -0.05) is 60.9 Å². The quantitative estimate of drug-likeness (QED) is 0.442. The molecular weight excluding hydrogens is 443 g/mol. The zero-order chi connectivity index (χ0) is 21.7. The third kappa shape index (κ3) is 6.14. The zero-order valence-corrected chi connectivity index (χ0v) is 19.2. The second-order valence-corrected chi connectivity index (χ2v) is 8.78. The van der Waals surface area contributed by atoms with Crippen molar-refractivity contribution in [2.45, 2.75) is 31.5 Å². The first-order valence-corrected chi connectivity index (χ1v) is 11.1. The number of rotatable bonds is 8. The highest BCUT2D eigenvalue weighted by Gasteiger charge is 2.13. The maximum absolute atomic E-state index is 12.2. The highest BCUT2D eigenvalue weighted by Crippen LogP contribution is 2.23. The lowest BCUT2D eigenvalue weighted by Gasteiger charge is -2.09. The molecule has 3 aromatic rings. The molecule has 9 heteroatoms. The van der Waals surface area contributed by atoms with Crippen molar-refractivity contribution in [3.05, 3.63) is 63.9 Å². The number of carbonyl (C=O) groups is 1. The molecule has 0 aliphatic carbocycles. The van der Waals surface area contributed by atoms with Crippen LogP contribution in [0.2, 0.25) is 10.0 Å². The Bertz CT molecular complexity index is 1000. The average Bonchev–Trinajstić information content (AvgIpc) is 3.04. The molecule has 6 nitrogen and oxygen atoms in total. The van der Waals surface area contributed by atoms with E-state index in [2.05, 4.69) is 41.5 Å². The van der Waals surface area contributed by atoms with Crippen LogP contribution in [0.25, 0.3) is 0 Å². The van der Waals surface area contributed by atoms with Gasteiger partial charge in [0.15, 0.2) is 11.0 Å². The van der Waals surface area contributed by atoms with Gasteiger partial charge in [-0.2, -0.15) is 0 Å². The highest BCUT2D eigenvalue weighted by atomic mass is 35.5. The van der Waals surface area contributed by atoms with Crippen LogP contribution in [0.3, 0.4) is 0 Å². The Morgan fingerprint density at radius 3 is 2.43 bits per heavy atom. The first-order valence-electron chi connectivity index (χ1n) is 9.31. The lowest BCUT2D eigenvalue weighted by molar-refractivity contribution is -0.113. The summed E-state index contributed by atoms with van der Waals surface area (Å²) < 4.78 is 7.63. The normalized spacial score (nSPS) is 11.0. The minimum Gasteiger partial charge on any atom is -0.486 e. The van der Waals surface area contributed by atoms with E-state index in [0.29, 0.717) is 32.6 Å². The summed E-state index contributed by atoms with van der Waals surface area (Å²) in [5.74, 6) is 1.91. The van der Waals surface area contributed by atoms with Crippen molar-refractivity contribution in [1.29, 1.82) is 0 Å². The average molecular weight is 465 g/mol. The summed E-state index contributed by atoms with van der Waals surface area (Å²) in [6, 6.07) is 12.9. The standard InChI is InChI=1S/C21H22Cl2N4O2S/c1-13(2)14-4-6-18(7-5-14)29-11-19-25-26-21(27(19)3)30-12-20(28)24-17-9-15(22)8-16(23)10-17/h4-10,13H,11-12H2,1-3H3,(H,24,28). The molecule has 0 fully saturated rings. The number of amides is 1. The van der Waals surface area contributed by atoms with Gasteiger partial charge in [-0.15, -0.1) is 10.2 Å². The number of ether oxygens (including phenoxy) is 1. The fourth-order valence-corrected chi connectivity index (χ4v) is 3.90. The Kier molecular flexibility index (Phi) is 7.64. The number of halogens is 2. The van der Waals surface area contributed by atoms with E-state index in [-0.39, 0.29) is 18.3 Å². The van der Waals surface area contributed by atoms with Crippen molar-refractivity contribution >= 4 is 46.6 Å². The number of thioether (sulfide) groups is 1. The van der Waals surface area contributed by atoms with E-state index in [1.165, 1.54) is 17.3 Å². The molecule has 30 heavy (non-hydrogen) atoms. The smallest absolute Gasteiger partial charge is 0.234 e. The van der Waals surface area contributed by atoms with Crippen LogP contribution in [0.4, 0.5) is 5.69 Å². The van der Waals surface area contributed by atoms with E-state index in [9.17, 15) is 4.79 Å². The van der Waals surface area contributed by atoms with Crippen molar-refractivity contribution in [3.8, 4) is 5.75 Å². The van der Waals surface area contributed by atoms with E-state index >= 15 is 0 Å². The number of aromatic nitrogens is 3. The number of carbonyl (C=O) groups excluding carboxylic acids is 1. The van der Waals surface area contributed by atoms with Crippen molar-refractivity contribution in [2.24, 2.45) is 7.05 Å². The summed E-state index contributed by atoms with van der Waals surface area (Å²) in [7, 11) is 1.84. The van der Waals surface area contributed by atoms with Gasteiger partial charge >= 0.3 is 0 Å². The monoisotopic (exact) mass is 464 g/mol. The molecule has 0 spiro atoms. The van der Waals surface area contributed by atoms with Crippen LogP contribution in [0.1, 0.15) is 31.2 Å². The molecular formula is C21H22Cl2N4O2S. The Morgan fingerprint density at radius 2 is 1.80 bits per heavy atom. The minimum absolute atomic E-state index is 0.174. The SMILES string of the molecule is CC(C)c1ccc(OCc2nnc(SCC(=O)Nc3cc(Cl)cc(Cl)c3)n2C)cc1. The maximum Gasteiger partial charge on any atom is 0.234 e. The fourth-order valence-electron chi connectivity index (χ4n) is 2.65. The maximum atomic E-state index is 12.2. The van der Waals surface area contributed by atoms with Gasteiger partial charge in [0.2, 0.25) is 5.91 Å². The number of hydrogen-bond donors (Lipinski definition) is 1. The molecule has 0 radical (unpaired) electrons. The van der Waals surface area contributed by atoms with Gasteiger partial charge in [0.25, 0.3) is 0 Å². The fraction of sp³-hybridized carbons (Fsp3) is 0.286. The predicted molar refractivity (Wildman–Crippen MR) is 122 cm³/mol. The lowest BCUT2D eigenvalue weighted by Crippen LogP contribution is -2.14. The molecule has 0 aliphatic heterocycles. The summed E-state index contributed by atoms with van der Waals surface area (Å²) in [5.41, 5.74) is 1.81. The van der Waals surface area contributed by atoms with Crippen LogP contribution in [0, 0.1) is 0 Å². The molecule has 0 saturated carbocycles. The molecule has 1 amide bonds.